The molecule has 1 aromatic rings. The molecule has 4 atom stereocenters. The van der Waals surface area contributed by atoms with E-state index in [9.17, 15) is 9.90 Å². The topological polar surface area (TPSA) is 83.5 Å². The summed E-state index contributed by atoms with van der Waals surface area (Å²) >= 11 is 0. The number of aliphatic hydroxyl groups excluding tert-OH is 1. The van der Waals surface area contributed by atoms with Gasteiger partial charge in [0, 0.05) is 0 Å². The molecule has 0 bridgehead atoms. The predicted octanol–water partition coefficient (Wildman–Crippen LogP) is 1.44. The molecule has 3 rings (SSSR count). The maximum absolute atomic E-state index is 12.2. The Morgan fingerprint density at radius 3 is 2.36 bits per heavy atom. The Labute approximate surface area is 146 Å². The molecule has 2 aliphatic rings. The first-order valence-electron chi connectivity index (χ1n) is 7.99. The molecule has 0 spiro atoms. The van der Waals surface area contributed by atoms with E-state index in [2.05, 4.69) is 0 Å². The van der Waals surface area contributed by atoms with Crippen LogP contribution >= 0.6 is 0 Å². The number of esters is 1. The van der Waals surface area contributed by atoms with Crippen molar-refractivity contribution >= 4 is 5.97 Å². The van der Waals surface area contributed by atoms with Gasteiger partial charge < -0.3 is 28.8 Å². The number of hydrogen-bond acceptors (Lipinski definition) is 7. The van der Waals surface area contributed by atoms with Crippen molar-refractivity contribution in [1.29, 1.82) is 0 Å². The second kappa shape index (κ2) is 6.67. The smallest absolute Gasteiger partial charge is 0.337 e. The number of carbonyl (C=O) groups is 1. The average molecular weight is 350 g/mol. The van der Waals surface area contributed by atoms with Crippen molar-refractivity contribution in [3.63, 3.8) is 0 Å². The van der Waals surface area contributed by atoms with E-state index in [0.29, 0.717) is 11.5 Å². The molecule has 0 unspecified atom stereocenters. The molecule has 0 aromatic heterocycles. The molecule has 0 radical (unpaired) electrons. The number of fused-ring (bicyclic) bond motifs is 1. The minimum Gasteiger partial charge on any atom is -0.497 e. The van der Waals surface area contributed by atoms with Crippen LogP contribution in [0.1, 0.15) is 13.8 Å². The highest BCUT2D eigenvalue weighted by atomic mass is 16.8. The molecule has 7 nitrogen and oxygen atoms in total. The van der Waals surface area contributed by atoms with Crippen LogP contribution < -0.4 is 9.47 Å². The normalized spacial score (nSPS) is 30.2. The molecule has 1 saturated heterocycles. The van der Waals surface area contributed by atoms with Crippen molar-refractivity contribution in [3.8, 4) is 11.5 Å². The summed E-state index contributed by atoms with van der Waals surface area (Å²) in [4.78, 5) is 12.2. The second-order valence-corrected chi connectivity index (χ2v) is 6.38. The van der Waals surface area contributed by atoms with Crippen LogP contribution in [-0.4, -0.2) is 55.5 Å². The van der Waals surface area contributed by atoms with E-state index in [-0.39, 0.29) is 5.57 Å². The molecular formula is C18H22O7. The maximum Gasteiger partial charge on any atom is 0.337 e. The Kier molecular flexibility index (Phi) is 4.73. The lowest BCUT2D eigenvalue weighted by Crippen LogP contribution is -2.51. The van der Waals surface area contributed by atoms with Gasteiger partial charge in [-0.1, -0.05) is 0 Å². The Hall–Kier alpha value is -2.09. The Morgan fingerprint density at radius 1 is 1.12 bits per heavy atom. The summed E-state index contributed by atoms with van der Waals surface area (Å²) in [6, 6.07) is 6.85. The monoisotopic (exact) mass is 350 g/mol. The highest BCUT2D eigenvalue weighted by Gasteiger charge is 2.52. The van der Waals surface area contributed by atoms with E-state index in [1.807, 2.05) is 0 Å². The highest BCUT2D eigenvalue weighted by molar-refractivity contribution is 5.90. The van der Waals surface area contributed by atoms with Gasteiger partial charge in [0.1, 0.15) is 29.8 Å². The van der Waals surface area contributed by atoms with E-state index in [0.717, 1.165) is 0 Å². The molecule has 1 heterocycles. The number of rotatable bonds is 4. The van der Waals surface area contributed by atoms with Crippen molar-refractivity contribution in [2.24, 2.45) is 0 Å². The molecule has 136 valence electrons. The number of hydrogen-bond donors (Lipinski definition) is 1. The van der Waals surface area contributed by atoms with Crippen molar-refractivity contribution in [2.75, 3.05) is 14.2 Å². The van der Waals surface area contributed by atoms with E-state index < -0.39 is 36.2 Å². The quantitative estimate of drug-likeness (QED) is 0.823. The molecule has 1 N–H and O–H groups in total. The third-order valence-electron chi connectivity index (χ3n) is 4.20. The van der Waals surface area contributed by atoms with Crippen molar-refractivity contribution in [1.82, 2.24) is 0 Å². The van der Waals surface area contributed by atoms with E-state index >= 15 is 0 Å². The summed E-state index contributed by atoms with van der Waals surface area (Å²) in [5.41, 5.74) is 0.202. The van der Waals surface area contributed by atoms with Crippen molar-refractivity contribution < 1.29 is 33.6 Å². The molecule has 0 saturated carbocycles. The fourth-order valence-electron chi connectivity index (χ4n) is 3.07. The fraction of sp³-hybridized carbons (Fsp3) is 0.500. The Morgan fingerprint density at radius 2 is 1.76 bits per heavy atom. The third kappa shape index (κ3) is 3.49. The summed E-state index contributed by atoms with van der Waals surface area (Å²) < 4.78 is 27.3. The van der Waals surface area contributed by atoms with Crippen LogP contribution in [0, 0.1) is 0 Å². The highest BCUT2D eigenvalue weighted by Crippen LogP contribution is 2.37. The minimum absolute atomic E-state index is 0.202. The van der Waals surface area contributed by atoms with Crippen LogP contribution in [0.2, 0.25) is 0 Å². The minimum atomic E-state index is -1.09. The van der Waals surface area contributed by atoms with Crippen LogP contribution in [0.5, 0.6) is 11.5 Å². The zero-order valence-corrected chi connectivity index (χ0v) is 14.6. The van der Waals surface area contributed by atoms with Crippen LogP contribution in [0.4, 0.5) is 0 Å². The maximum atomic E-state index is 12.2. The van der Waals surface area contributed by atoms with Gasteiger partial charge >= 0.3 is 5.97 Å². The van der Waals surface area contributed by atoms with Crippen LogP contribution in [0.3, 0.4) is 0 Å². The molecule has 7 heteroatoms. The largest absolute Gasteiger partial charge is 0.497 e. The second-order valence-electron chi connectivity index (χ2n) is 6.38. The van der Waals surface area contributed by atoms with Gasteiger partial charge in [-0.3, -0.25) is 0 Å². The van der Waals surface area contributed by atoms with Crippen molar-refractivity contribution in [3.05, 3.63) is 35.9 Å². The first-order chi connectivity index (χ1) is 11.8. The van der Waals surface area contributed by atoms with Crippen molar-refractivity contribution in [2.45, 2.75) is 44.1 Å². The van der Waals surface area contributed by atoms with Gasteiger partial charge in [0.15, 0.2) is 11.9 Å². The lowest BCUT2D eigenvalue weighted by atomic mass is 9.89. The van der Waals surface area contributed by atoms with Gasteiger partial charge in [-0.2, -0.15) is 0 Å². The molecule has 25 heavy (non-hydrogen) atoms. The van der Waals surface area contributed by atoms with E-state index in [1.54, 1.807) is 51.3 Å². The summed E-state index contributed by atoms with van der Waals surface area (Å²) in [5.74, 6) is -0.279. The summed E-state index contributed by atoms with van der Waals surface area (Å²) in [5, 5.41) is 10.7. The number of carbonyl (C=O) groups excluding carboxylic acids is 1. The SMILES string of the molecule is COC(=O)C1=C[C@H]2OC(C)(C)O[C@H]2[C@H](O)[C@H]1Oc1ccc(OC)cc1. The first-order valence-corrected chi connectivity index (χ1v) is 7.99. The molecule has 1 fully saturated rings. The van der Waals surface area contributed by atoms with Gasteiger partial charge in [-0.05, 0) is 44.2 Å². The Balaban J connectivity index is 1.89. The lowest BCUT2D eigenvalue weighted by Gasteiger charge is -2.33. The Bertz CT molecular complexity index is 665. The molecule has 1 aliphatic carbocycles. The van der Waals surface area contributed by atoms with E-state index in [1.165, 1.54) is 7.11 Å². The molecular weight excluding hydrogens is 328 g/mol. The zero-order valence-electron chi connectivity index (χ0n) is 14.6. The predicted molar refractivity (Wildman–Crippen MR) is 87.3 cm³/mol. The van der Waals surface area contributed by atoms with Gasteiger partial charge in [0.25, 0.3) is 0 Å². The summed E-state index contributed by atoms with van der Waals surface area (Å²) in [6.07, 6.45) is -1.60. The summed E-state index contributed by atoms with van der Waals surface area (Å²) in [7, 11) is 2.85. The van der Waals surface area contributed by atoms with Gasteiger partial charge in [0.05, 0.1) is 19.8 Å². The number of benzene rings is 1. The van der Waals surface area contributed by atoms with Crippen LogP contribution in [0.15, 0.2) is 35.9 Å². The molecule has 0 amide bonds. The van der Waals surface area contributed by atoms with Gasteiger partial charge in [0.2, 0.25) is 0 Å². The zero-order chi connectivity index (χ0) is 18.2. The average Bonchev–Trinajstić information content (AvgIpc) is 2.91. The fourth-order valence-corrected chi connectivity index (χ4v) is 3.07. The lowest BCUT2D eigenvalue weighted by molar-refractivity contribution is -0.158. The number of aliphatic hydroxyl groups is 1. The van der Waals surface area contributed by atoms with Gasteiger partial charge in [-0.15, -0.1) is 0 Å². The van der Waals surface area contributed by atoms with E-state index in [4.69, 9.17) is 23.7 Å². The van der Waals surface area contributed by atoms with Gasteiger partial charge in [-0.25, -0.2) is 4.79 Å². The molecule has 1 aromatic carbocycles. The van der Waals surface area contributed by atoms with Crippen LogP contribution in [-0.2, 0) is 19.0 Å². The summed E-state index contributed by atoms with van der Waals surface area (Å²) in [6.45, 7) is 3.51. The standard InChI is InChI=1S/C18H22O7/c1-18(2)24-13-9-12(17(20)22-4)15(14(19)16(13)25-18)23-11-7-5-10(21-3)6-8-11/h5-9,13-16,19H,1-4H3/t13-,14-,15+,16-/m1/s1. The number of methoxy groups -OCH3 is 2. The molecule has 1 aliphatic heterocycles. The van der Waals surface area contributed by atoms with Crippen LogP contribution in [0.25, 0.3) is 0 Å². The third-order valence-corrected chi connectivity index (χ3v) is 4.20. The number of ether oxygens (including phenoxy) is 5. The first kappa shape index (κ1) is 17.7.